The smallest absolute Gasteiger partial charge is 0.134 e. The normalized spacial score (nSPS) is 11.1. The number of benzene rings is 1. The van der Waals surface area contributed by atoms with Crippen molar-refractivity contribution in [2.45, 2.75) is 26.9 Å². The van der Waals surface area contributed by atoms with Gasteiger partial charge in [0.15, 0.2) is 0 Å². The Morgan fingerprint density at radius 3 is 2.75 bits per heavy atom. The van der Waals surface area contributed by atoms with E-state index in [0.29, 0.717) is 0 Å². The maximum absolute atomic E-state index is 5.77. The van der Waals surface area contributed by atoms with Crippen LogP contribution in [0.5, 0.6) is 0 Å². The van der Waals surface area contributed by atoms with Gasteiger partial charge in [0.2, 0.25) is 0 Å². The number of hydrogen-bond donors (Lipinski definition) is 1. The molecule has 3 aromatic rings. The number of pyridine rings is 1. The van der Waals surface area contributed by atoms with Gasteiger partial charge in [-0.15, -0.1) is 0 Å². The summed E-state index contributed by atoms with van der Waals surface area (Å²) in [5, 5.41) is 4.65. The maximum atomic E-state index is 5.77. The molecule has 0 unspecified atom stereocenters. The second kappa shape index (κ2) is 5.47. The third-order valence-corrected chi connectivity index (χ3v) is 3.61. The van der Waals surface area contributed by atoms with Crippen LogP contribution in [0.1, 0.15) is 22.6 Å². The van der Waals surface area contributed by atoms with Crippen LogP contribution < -0.4 is 5.32 Å². The van der Waals surface area contributed by atoms with Gasteiger partial charge in [-0.1, -0.05) is 24.3 Å². The van der Waals surface area contributed by atoms with E-state index in [9.17, 15) is 0 Å². The second-order valence-corrected chi connectivity index (χ2v) is 5.00. The number of aryl methyl sites for hydroxylation is 2. The summed E-state index contributed by atoms with van der Waals surface area (Å²) in [6, 6.07) is 12.2. The van der Waals surface area contributed by atoms with E-state index in [0.717, 1.165) is 30.1 Å². The molecule has 0 aliphatic rings. The van der Waals surface area contributed by atoms with Gasteiger partial charge in [-0.2, -0.15) is 0 Å². The van der Waals surface area contributed by atoms with Crippen molar-refractivity contribution in [1.82, 2.24) is 10.3 Å². The predicted octanol–water partition coefficient (Wildman–Crippen LogP) is 3.73. The van der Waals surface area contributed by atoms with E-state index in [-0.39, 0.29) is 0 Å². The molecule has 0 aliphatic carbocycles. The molecule has 0 atom stereocenters. The van der Waals surface area contributed by atoms with Crippen LogP contribution in [0.15, 0.2) is 47.0 Å². The Morgan fingerprint density at radius 2 is 1.90 bits per heavy atom. The van der Waals surface area contributed by atoms with Crippen molar-refractivity contribution in [3.8, 4) is 0 Å². The first-order valence-electron chi connectivity index (χ1n) is 6.84. The molecule has 0 spiro atoms. The SMILES string of the molecule is Cc1cccnc1CNCc1c(C)oc2ccccc12. The summed E-state index contributed by atoms with van der Waals surface area (Å²) < 4.78 is 5.77. The molecule has 3 heteroatoms. The van der Waals surface area contributed by atoms with Crippen LogP contribution >= 0.6 is 0 Å². The summed E-state index contributed by atoms with van der Waals surface area (Å²) in [6.45, 7) is 5.66. The fraction of sp³-hybridized carbons (Fsp3) is 0.235. The molecule has 20 heavy (non-hydrogen) atoms. The zero-order chi connectivity index (χ0) is 13.9. The van der Waals surface area contributed by atoms with Gasteiger partial charge < -0.3 is 9.73 Å². The lowest BCUT2D eigenvalue weighted by atomic mass is 10.1. The molecule has 3 nitrogen and oxygen atoms in total. The van der Waals surface area contributed by atoms with Gasteiger partial charge in [-0.3, -0.25) is 4.98 Å². The van der Waals surface area contributed by atoms with Crippen LogP contribution in [0.25, 0.3) is 11.0 Å². The monoisotopic (exact) mass is 266 g/mol. The van der Waals surface area contributed by atoms with Crippen LogP contribution in [0, 0.1) is 13.8 Å². The quantitative estimate of drug-likeness (QED) is 0.782. The van der Waals surface area contributed by atoms with Crippen LogP contribution in [-0.4, -0.2) is 4.98 Å². The molecule has 0 saturated heterocycles. The number of nitrogens with one attached hydrogen (secondary N) is 1. The highest BCUT2D eigenvalue weighted by molar-refractivity contribution is 5.82. The number of furan rings is 1. The number of para-hydroxylation sites is 1. The fourth-order valence-electron chi connectivity index (χ4n) is 2.45. The summed E-state index contributed by atoms with van der Waals surface area (Å²) in [7, 11) is 0. The molecule has 1 N–H and O–H groups in total. The zero-order valence-corrected chi connectivity index (χ0v) is 11.8. The van der Waals surface area contributed by atoms with Gasteiger partial charge in [0.1, 0.15) is 11.3 Å². The Labute approximate surface area is 118 Å². The summed E-state index contributed by atoms with van der Waals surface area (Å²) >= 11 is 0. The first kappa shape index (κ1) is 12.9. The van der Waals surface area contributed by atoms with E-state index >= 15 is 0 Å². The lowest BCUT2D eigenvalue weighted by Gasteiger charge is -2.06. The topological polar surface area (TPSA) is 38.1 Å². The fourth-order valence-corrected chi connectivity index (χ4v) is 2.45. The lowest BCUT2D eigenvalue weighted by molar-refractivity contribution is 0.564. The minimum absolute atomic E-state index is 0.769. The minimum atomic E-state index is 0.769. The molecule has 0 amide bonds. The number of fused-ring (bicyclic) bond motifs is 1. The molecular weight excluding hydrogens is 248 g/mol. The molecule has 0 fully saturated rings. The number of aromatic nitrogens is 1. The lowest BCUT2D eigenvalue weighted by Crippen LogP contribution is -2.14. The number of rotatable bonds is 4. The average Bonchev–Trinajstić information content (AvgIpc) is 2.77. The van der Waals surface area contributed by atoms with Gasteiger partial charge in [-0.25, -0.2) is 0 Å². The van der Waals surface area contributed by atoms with Crippen molar-refractivity contribution in [1.29, 1.82) is 0 Å². The van der Waals surface area contributed by atoms with Crippen molar-refractivity contribution in [3.63, 3.8) is 0 Å². The molecule has 0 radical (unpaired) electrons. The van der Waals surface area contributed by atoms with Crippen LogP contribution in [0.3, 0.4) is 0 Å². The average molecular weight is 266 g/mol. The molecule has 102 valence electrons. The molecule has 2 aromatic heterocycles. The zero-order valence-electron chi connectivity index (χ0n) is 11.8. The highest BCUT2D eigenvalue weighted by atomic mass is 16.3. The predicted molar refractivity (Wildman–Crippen MR) is 80.5 cm³/mol. The highest BCUT2D eigenvalue weighted by Gasteiger charge is 2.09. The van der Waals surface area contributed by atoms with E-state index in [4.69, 9.17) is 4.42 Å². The first-order valence-corrected chi connectivity index (χ1v) is 6.84. The molecule has 3 rings (SSSR count). The van der Waals surface area contributed by atoms with Gasteiger partial charge >= 0.3 is 0 Å². The summed E-state index contributed by atoms with van der Waals surface area (Å²) in [4.78, 5) is 4.40. The Bertz CT molecular complexity index is 731. The van der Waals surface area contributed by atoms with E-state index < -0.39 is 0 Å². The van der Waals surface area contributed by atoms with Crippen LogP contribution in [-0.2, 0) is 13.1 Å². The van der Waals surface area contributed by atoms with Crippen molar-refractivity contribution < 1.29 is 4.42 Å². The highest BCUT2D eigenvalue weighted by Crippen LogP contribution is 2.24. The largest absolute Gasteiger partial charge is 0.461 e. The third kappa shape index (κ3) is 2.45. The van der Waals surface area contributed by atoms with Gasteiger partial charge in [0.05, 0.1) is 5.69 Å². The maximum Gasteiger partial charge on any atom is 0.134 e. The third-order valence-electron chi connectivity index (χ3n) is 3.61. The molecule has 1 aromatic carbocycles. The van der Waals surface area contributed by atoms with Crippen molar-refractivity contribution >= 4 is 11.0 Å². The Balaban J connectivity index is 1.74. The van der Waals surface area contributed by atoms with E-state index in [1.165, 1.54) is 16.5 Å². The van der Waals surface area contributed by atoms with E-state index in [2.05, 4.69) is 29.4 Å². The second-order valence-electron chi connectivity index (χ2n) is 5.00. The van der Waals surface area contributed by atoms with Crippen molar-refractivity contribution in [3.05, 3.63) is 65.2 Å². The molecule has 0 saturated carbocycles. The van der Waals surface area contributed by atoms with Gasteiger partial charge in [-0.05, 0) is 31.5 Å². The Hall–Kier alpha value is -2.13. The summed E-state index contributed by atoms with van der Waals surface area (Å²) in [5.41, 5.74) is 4.50. The van der Waals surface area contributed by atoms with Crippen molar-refractivity contribution in [2.75, 3.05) is 0 Å². The Kier molecular flexibility index (Phi) is 3.52. The Morgan fingerprint density at radius 1 is 1.05 bits per heavy atom. The number of hydrogen-bond acceptors (Lipinski definition) is 3. The van der Waals surface area contributed by atoms with Crippen molar-refractivity contribution in [2.24, 2.45) is 0 Å². The molecule has 2 heterocycles. The first-order chi connectivity index (χ1) is 9.75. The minimum Gasteiger partial charge on any atom is -0.461 e. The molecular formula is C17H18N2O. The van der Waals surface area contributed by atoms with Crippen LogP contribution in [0.4, 0.5) is 0 Å². The summed E-state index contributed by atoms with van der Waals surface area (Å²) in [5.74, 6) is 0.983. The molecule has 0 bridgehead atoms. The van der Waals surface area contributed by atoms with E-state index in [1.807, 2.05) is 37.4 Å². The number of nitrogens with zero attached hydrogens (tertiary/aromatic N) is 1. The van der Waals surface area contributed by atoms with Gasteiger partial charge in [0.25, 0.3) is 0 Å². The standard InChI is InChI=1S/C17H18N2O/c1-12-6-5-9-19-16(12)11-18-10-15-13(2)20-17-8-4-3-7-14(15)17/h3-9,18H,10-11H2,1-2H3. The molecule has 0 aliphatic heterocycles. The van der Waals surface area contributed by atoms with Crippen LogP contribution in [0.2, 0.25) is 0 Å². The summed E-state index contributed by atoms with van der Waals surface area (Å²) in [6.07, 6.45) is 1.84. The van der Waals surface area contributed by atoms with Gasteiger partial charge in [0, 0.05) is 30.2 Å². The van der Waals surface area contributed by atoms with E-state index in [1.54, 1.807) is 0 Å².